The van der Waals surface area contributed by atoms with Crippen LogP contribution in [0.5, 0.6) is 0 Å². The molecule has 0 saturated heterocycles. The van der Waals surface area contributed by atoms with Crippen molar-refractivity contribution in [2.24, 2.45) is 0 Å². The average Bonchev–Trinajstić information content (AvgIpc) is 1.82. The predicted molar refractivity (Wildman–Crippen MR) is 54.1 cm³/mol. The lowest BCUT2D eigenvalue weighted by Gasteiger charge is -1.99. The van der Waals surface area contributed by atoms with Gasteiger partial charge in [0.1, 0.15) is 0 Å². The number of thiol groups is 1. The quantitative estimate of drug-likeness (QED) is 0.540. The summed E-state index contributed by atoms with van der Waals surface area (Å²) in [7, 11) is 0. The zero-order chi connectivity index (χ0) is 7.72. The van der Waals surface area contributed by atoms with Crippen LogP contribution in [0.3, 0.4) is 0 Å². The van der Waals surface area contributed by atoms with Gasteiger partial charge in [-0.05, 0) is 28.1 Å². The van der Waals surface area contributed by atoms with Crippen LogP contribution in [0.15, 0.2) is 26.0 Å². The zero-order valence-electron chi connectivity index (χ0n) is 4.74. The van der Waals surface area contributed by atoms with Gasteiger partial charge in [0.25, 0.3) is 0 Å². The maximum atomic E-state index is 5.79. The lowest BCUT2D eigenvalue weighted by atomic mass is 10.4. The average molecular weight is 302 g/mol. The second-order valence-corrected chi connectivity index (χ2v) is 4.32. The van der Waals surface area contributed by atoms with E-state index in [-0.39, 0.29) is 0 Å². The predicted octanol–water partition coefficient (Wildman–Crippen LogP) is 4.15. The van der Waals surface area contributed by atoms with E-state index in [1.165, 1.54) is 0 Å². The fourth-order valence-electron chi connectivity index (χ4n) is 0.542. The number of hydrogen-bond donors (Lipinski definition) is 1. The molecule has 1 aromatic carbocycles. The van der Waals surface area contributed by atoms with Gasteiger partial charge < -0.3 is 0 Å². The van der Waals surface area contributed by atoms with Crippen molar-refractivity contribution in [3.8, 4) is 0 Å². The van der Waals surface area contributed by atoms with Crippen molar-refractivity contribution in [3.63, 3.8) is 0 Å². The molecule has 1 aromatic rings. The Hall–Kier alpha value is 0.820. The van der Waals surface area contributed by atoms with Gasteiger partial charge >= 0.3 is 0 Å². The molecule has 0 aliphatic heterocycles. The van der Waals surface area contributed by atoms with Crippen molar-refractivity contribution >= 4 is 56.1 Å². The Bertz CT molecular complexity index is 239. The van der Waals surface area contributed by atoms with Crippen molar-refractivity contribution in [3.05, 3.63) is 26.1 Å². The van der Waals surface area contributed by atoms with E-state index in [4.69, 9.17) is 11.6 Å². The molecule has 0 heterocycles. The van der Waals surface area contributed by atoms with Crippen LogP contribution in [0.2, 0.25) is 5.02 Å². The van der Waals surface area contributed by atoms with Crippen LogP contribution in [0.4, 0.5) is 0 Å². The fourth-order valence-corrected chi connectivity index (χ4v) is 2.08. The molecule has 0 saturated carbocycles. The van der Waals surface area contributed by atoms with Gasteiger partial charge in [0.05, 0.1) is 5.02 Å². The lowest BCUT2D eigenvalue weighted by Crippen LogP contribution is -1.72. The Kier molecular flexibility index (Phi) is 3.10. The van der Waals surface area contributed by atoms with E-state index in [1.54, 1.807) is 0 Å². The van der Waals surface area contributed by atoms with Gasteiger partial charge in [0, 0.05) is 13.8 Å². The standard InChI is InChI=1S/C6H3Br2ClS/c7-3-1-4(9)6(8)5(10)2-3/h1-2,10H. The summed E-state index contributed by atoms with van der Waals surface area (Å²) in [5, 5.41) is 0.666. The first-order valence-corrected chi connectivity index (χ1v) is 4.86. The van der Waals surface area contributed by atoms with Gasteiger partial charge in [-0.3, -0.25) is 0 Å². The number of benzene rings is 1. The highest BCUT2D eigenvalue weighted by Crippen LogP contribution is 2.32. The van der Waals surface area contributed by atoms with E-state index in [0.717, 1.165) is 13.8 Å². The summed E-state index contributed by atoms with van der Waals surface area (Å²) in [6.07, 6.45) is 0. The maximum absolute atomic E-state index is 5.79. The summed E-state index contributed by atoms with van der Waals surface area (Å²) in [5.74, 6) is 0. The van der Waals surface area contributed by atoms with Crippen molar-refractivity contribution in [1.29, 1.82) is 0 Å². The molecule has 0 spiro atoms. The molecular formula is C6H3Br2ClS. The second-order valence-electron chi connectivity index (χ2n) is 1.72. The first-order chi connectivity index (χ1) is 4.61. The Labute approximate surface area is 86.6 Å². The van der Waals surface area contributed by atoms with Crippen LogP contribution < -0.4 is 0 Å². The van der Waals surface area contributed by atoms with Gasteiger partial charge in [-0.2, -0.15) is 0 Å². The summed E-state index contributed by atoms with van der Waals surface area (Å²) >= 11 is 16.5. The molecule has 0 amide bonds. The topological polar surface area (TPSA) is 0 Å². The van der Waals surface area contributed by atoms with Crippen LogP contribution >= 0.6 is 56.1 Å². The Balaban J connectivity index is 3.31. The number of halogens is 3. The Morgan fingerprint density at radius 2 is 1.90 bits per heavy atom. The minimum atomic E-state index is 0.666. The van der Waals surface area contributed by atoms with Crippen LogP contribution in [0, 0.1) is 0 Å². The van der Waals surface area contributed by atoms with Crippen LogP contribution in [0.25, 0.3) is 0 Å². The molecule has 0 bridgehead atoms. The summed E-state index contributed by atoms with van der Waals surface area (Å²) < 4.78 is 1.77. The van der Waals surface area contributed by atoms with Crippen LogP contribution in [-0.2, 0) is 0 Å². The summed E-state index contributed by atoms with van der Waals surface area (Å²) in [6.45, 7) is 0. The monoisotopic (exact) mass is 300 g/mol. The molecule has 0 atom stereocenters. The van der Waals surface area contributed by atoms with E-state index in [0.29, 0.717) is 5.02 Å². The third kappa shape index (κ3) is 1.91. The molecule has 0 aliphatic carbocycles. The normalized spacial score (nSPS) is 10.0. The molecule has 0 aromatic heterocycles. The Morgan fingerprint density at radius 3 is 2.40 bits per heavy atom. The molecule has 4 heteroatoms. The Morgan fingerprint density at radius 1 is 1.30 bits per heavy atom. The van der Waals surface area contributed by atoms with Gasteiger partial charge in [0.2, 0.25) is 0 Å². The lowest BCUT2D eigenvalue weighted by molar-refractivity contribution is 1.40. The highest BCUT2D eigenvalue weighted by molar-refractivity contribution is 9.11. The first-order valence-electron chi connectivity index (χ1n) is 2.45. The molecule has 1 rings (SSSR count). The molecule has 0 fully saturated rings. The minimum Gasteiger partial charge on any atom is -0.142 e. The van der Waals surface area contributed by atoms with Crippen molar-refractivity contribution in [2.45, 2.75) is 4.90 Å². The van der Waals surface area contributed by atoms with E-state index < -0.39 is 0 Å². The largest absolute Gasteiger partial charge is 0.142 e. The van der Waals surface area contributed by atoms with Gasteiger partial charge in [-0.25, -0.2) is 0 Å². The van der Waals surface area contributed by atoms with Crippen molar-refractivity contribution < 1.29 is 0 Å². The van der Waals surface area contributed by atoms with E-state index in [1.807, 2.05) is 12.1 Å². The minimum absolute atomic E-state index is 0.666. The SMILES string of the molecule is Sc1cc(Br)cc(Cl)c1Br. The maximum Gasteiger partial charge on any atom is 0.0570 e. The van der Waals surface area contributed by atoms with E-state index in [9.17, 15) is 0 Å². The number of rotatable bonds is 0. The van der Waals surface area contributed by atoms with Gasteiger partial charge in [-0.15, -0.1) is 12.6 Å². The van der Waals surface area contributed by atoms with Crippen molar-refractivity contribution in [1.82, 2.24) is 0 Å². The smallest absolute Gasteiger partial charge is 0.0570 e. The second kappa shape index (κ2) is 3.48. The molecule has 54 valence electrons. The van der Waals surface area contributed by atoms with E-state index >= 15 is 0 Å². The summed E-state index contributed by atoms with van der Waals surface area (Å²) in [6, 6.07) is 3.68. The molecule has 0 aliphatic rings. The molecule has 0 N–H and O–H groups in total. The first kappa shape index (κ1) is 8.91. The van der Waals surface area contributed by atoms with Crippen LogP contribution in [0.1, 0.15) is 0 Å². The molecule has 10 heavy (non-hydrogen) atoms. The van der Waals surface area contributed by atoms with Gasteiger partial charge in [-0.1, -0.05) is 27.5 Å². The van der Waals surface area contributed by atoms with Gasteiger partial charge in [0.15, 0.2) is 0 Å². The number of hydrogen-bond acceptors (Lipinski definition) is 1. The molecule has 0 unspecified atom stereocenters. The third-order valence-electron chi connectivity index (χ3n) is 0.974. The molecular weight excluding hydrogens is 299 g/mol. The van der Waals surface area contributed by atoms with Crippen LogP contribution in [-0.4, -0.2) is 0 Å². The fraction of sp³-hybridized carbons (Fsp3) is 0. The van der Waals surface area contributed by atoms with Crippen molar-refractivity contribution in [2.75, 3.05) is 0 Å². The highest BCUT2D eigenvalue weighted by atomic mass is 79.9. The summed E-state index contributed by atoms with van der Waals surface area (Å²) in [4.78, 5) is 0.833. The van der Waals surface area contributed by atoms with E-state index in [2.05, 4.69) is 44.5 Å². The highest BCUT2D eigenvalue weighted by Gasteiger charge is 2.01. The zero-order valence-corrected chi connectivity index (χ0v) is 9.56. The summed E-state index contributed by atoms with van der Waals surface area (Å²) in [5.41, 5.74) is 0. The molecule has 0 radical (unpaired) electrons. The third-order valence-corrected chi connectivity index (χ3v) is 3.47. The molecule has 0 nitrogen and oxygen atoms in total.